The summed E-state index contributed by atoms with van der Waals surface area (Å²) in [6, 6.07) is 20.3. The predicted octanol–water partition coefficient (Wildman–Crippen LogP) is 6.90. The fraction of sp³-hybridized carbons (Fsp3) is 0.0800. The van der Waals surface area contributed by atoms with Gasteiger partial charge in [-0.05, 0) is 61.5 Å². The number of thiazole rings is 1. The SMILES string of the molecule is COc1ccc(-c2[nH]n(-c3nc4ccccc4s3)c(=O)c2C(C)=Nc2cc(Cl)cc(Cl)c2)cc1. The van der Waals surface area contributed by atoms with Gasteiger partial charge in [0.05, 0.1) is 40.0 Å². The Balaban J connectivity index is 1.71. The zero-order valence-corrected chi connectivity index (χ0v) is 20.5. The molecule has 2 heterocycles. The normalized spacial score (nSPS) is 11.8. The Labute approximate surface area is 209 Å². The Morgan fingerprint density at radius 2 is 1.76 bits per heavy atom. The molecule has 34 heavy (non-hydrogen) atoms. The first kappa shape index (κ1) is 22.4. The lowest BCUT2D eigenvalue weighted by atomic mass is 10.0. The van der Waals surface area contributed by atoms with Gasteiger partial charge in [-0.15, -0.1) is 0 Å². The number of methoxy groups -OCH3 is 1. The molecule has 170 valence electrons. The van der Waals surface area contributed by atoms with Gasteiger partial charge in [0.15, 0.2) is 0 Å². The molecule has 0 aliphatic rings. The highest BCUT2D eigenvalue weighted by Crippen LogP contribution is 2.29. The van der Waals surface area contributed by atoms with Crippen molar-refractivity contribution in [3.63, 3.8) is 0 Å². The van der Waals surface area contributed by atoms with Crippen LogP contribution in [0.2, 0.25) is 10.0 Å². The summed E-state index contributed by atoms with van der Waals surface area (Å²) in [4.78, 5) is 23.0. The highest BCUT2D eigenvalue weighted by atomic mass is 35.5. The van der Waals surface area contributed by atoms with Crippen LogP contribution < -0.4 is 10.3 Å². The van der Waals surface area contributed by atoms with E-state index in [1.54, 1.807) is 32.2 Å². The van der Waals surface area contributed by atoms with Gasteiger partial charge in [-0.25, -0.2) is 4.98 Å². The van der Waals surface area contributed by atoms with Crippen molar-refractivity contribution in [3.05, 3.63) is 92.7 Å². The van der Waals surface area contributed by atoms with Gasteiger partial charge < -0.3 is 4.74 Å². The van der Waals surface area contributed by atoms with Crippen LogP contribution in [0.15, 0.2) is 76.5 Å². The van der Waals surface area contributed by atoms with Crippen LogP contribution >= 0.6 is 34.5 Å². The number of halogens is 2. The van der Waals surface area contributed by atoms with E-state index >= 15 is 0 Å². The van der Waals surface area contributed by atoms with Gasteiger partial charge in [0, 0.05) is 15.6 Å². The molecule has 0 amide bonds. The molecule has 0 aliphatic heterocycles. The second kappa shape index (κ2) is 9.10. The van der Waals surface area contributed by atoms with Gasteiger partial charge in [0.1, 0.15) is 5.75 Å². The third-order valence-corrected chi connectivity index (χ3v) is 6.71. The molecule has 6 nitrogen and oxygen atoms in total. The van der Waals surface area contributed by atoms with E-state index in [2.05, 4.69) is 15.1 Å². The quantitative estimate of drug-likeness (QED) is 0.262. The fourth-order valence-electron chi connectivity index (χ4n) is 3.68. The molecule has 0 saturated carbocycles. The summed E-state index contributed by atoms with van der Waals surface area (Å²) in [7, 11) is 1.61. The number of hydrogen-bond acceptors (Lipinski definition) is 5. The minimum atomic E-state index is -0.251. The van der Waals surface area contributed by atoms with Crippen LogP contribution in [0.4, 0.5) is 5.69 Å². The van der Waals surface area contributed by atoms with Crippen molar-refractivity contribution < 1.29 is 4.74 Å². The van der Waals surface area contributed by atoms with E-state index in [1.165, 1.54) is 16.0 Å². The van der Waals surface area contributed by atoms with Crippen LogP contribution in [0.1, 0.15) is 12.5 Å². The Kier molecular flexibility index (Phi) is 6.00. The Hall–Kier alpha value is -3.39. The van der Waals surface area contributed by atoms with Crippen LogP contribution in [0.25, 0.3) is 26.6 Å². The Bertz CT molecular complexity index is 1550. The fourth-order valence-corrected chi connectivity index (χ4v) is 5.12. The molecule has 0 atom stereocenters. The number of rotatable bonds is 5. The smallest absolute Gasteiger partial charge is 0.283 e. The number of fused-ring (bicyclic) bond motifs is 1. The maximum Gasteiger partial charge on any atom is 0.283 e. The molecule has 0 bridgehead atoms. The topological polar surface area (TPSA) is 72.3 Å². The van der Waals surface area contributed by atoms with Gasteiger partial charge >= 0.3 is 0 Å². The largest absolute Gasteiger partial charge is 0.497 e. The van der Waals surface area contributed by atoms with E-state index in [0.29, 0.717) is 37.8 Å². The van der Waals surface area contributed by atoms with E-state index in [9.17, 15) is 4.79 Å². The van der Waals surface area contributed by atoms with Crippen molar-refractivity contribution >= 4 is 56.2 Å². The molecule has 0 saturated heterocycles. The second-order valence-corrected chi connectivity index (χ2v) is 9.40. The second-order valence-electron chi connectivity index (χ2n) is 7.52. The first-order valence-electron chi connectivity index (χ1n) is 10.3. The van der Waals surface area contributed by atoms with Crippen LogP contribution in [0.5, 0.6) is 5.75 Å². The first-order chi connectivity index (χ1) is 16.4. The molecule has 0 fully saturated rings. The molecule has 0 spiro atoms. The maximum atomic E-state index is 13.7. The number of ether oxygens (including phenoxy) is 1. The zero-order chi connectivity index (χ0) is 23.8. The maximum absolute atomic E-state index is 13.7. The van der Waals surface area contributed by atoms with Crippen molar-refractivity contribution in [1.29, 1.82) is 0 Å². The van der Waals surface area contributed by atoms with Gasteiger partial charge in [0.25, 0.3) is 5.56 Å². The Morgan fingerprint density at radius 3 is 2.44 bits per heavy atom. The number of benzene rings is 3. The van der Waals surface area contributed by atoms with Crippen LogP contribution in [0, 0.1) is 0 Å². The third kappa shape index (κ3) is 4.25. The molecule has 2 aromatic heterocycles. The van der Waals surface area contributed by atoms with E-state index in [4.69, 9.17) is 27.9 Å². The summed E-state index contributed by atoms with van der Waals surface area (Å²) in [5, 5.41) is 4.73. The average Bonchev–Trinajstić information content (AvgIpc) is 3.39. The van der Waals surface area contributed by atoms with Crippen molar-refractivity contribution in [2.45, 2.75) is 6.92 Å². The summed E-state index contributed by atoms with van der Waals surface area (Å²) in [5.74, 6) is 0.720. The number of hydrogen-bond donors (Lipinski definition) is 1. The number of nitrogens with one attached hydrogen (secondary N) is 1. The highest BCUT2D eigenvalue weighted by molar-refractivity contribution is 7.20. The van der Waals surface area contributed by atoms with Crippen molar-refractivity contribution in [2.75, 3.05) is 7.11 Å². The predicted molar refractivity (Wildman–Crippen MR) is 140 cm³/mol. The van der Waals surface area contributed by atoms with Crippen LogP contribution in [0.3, 0.4) is 0 Å². The number of para-hydroxylation sites is 1. The Morgan fingerprint density at radius 1 is 1.06 bits per heavy atom. The van der Waals surface area contributed by atoms with E-state index in [-0.39, 0.29) is 5.56 Å². The molecule has 0 aliphatic carbocycles. The molecular weight excluding hydrogens is 491 g/mol. The molecule has 3 aromatic carbocycles. The number of aromatic amines is 1. The van der Waals surface area contributed by atoms with E-state index < -0.39 is 0 Å². The molecule has 5 rings (SSSR count). The standard InChI is InChI=1S/C25H18Cl2N4O2S/c1-14(28-18-12-16(26)11-17(27)13-18)22-23(15-7-9-19(33-2)10-8-15)30-31(24(22)32)25-29-20-5-3-4-6-21(20)34-25/h3-13,30H,1-2H3. The molecule has 5 aromatic rings. The highest BCUT2D eigenvalue weighted by Gasteiger charge is 2.21. The van der Waals surface area contributed by atoms with Crippen molar-refractivity contribution in [1.82, 2.24) is 14.8 Å². The van der Waals surface area contributed by atoms with Gasteiger partial charge in [-0.1, -0.05) is 46.7 Å². The lowest BCUT2D eigenvalue weighted by Gasteiger charge is -2.05. The zero-order valence-electron chi connectivity index (χ0n) is 18.2. The number of H-pyrrole nitrogens is 1. The summed E-state index contributed by atoms with van der Waals surface area (Å²) >= 11 is 13.7. The number of aliphatic imine (C=N–C) groups is 1. The minimum Gasteiger partial charge on any atom is -0.497 e. The molecule has 0 radical (unpaired) electrons. The van der Waals surface area contributed by atoms with E-state index in [1.807, 2.05) is 48.5 Å². The average molecular weight is 509 g/mol. The molecule has 1 N–H and O–H groups in total. The molecular formula is C25H18Cl2N4O2S. The summed E-state index contributed by atoms with van der Waals surface area (Å²) in [5.41, 5.74) is 3.52. The molecule has 0 unspecified atom stereocenters. The summed E-state index contributed by atoms with van der Waals surface area (Å²) in [6.45, 7) is 1.79. The number of nitrogens with zero attached hydrogens (tertiary/aromatic N) is 3. The molecule has 9 heteroatoms. The van der Waals surface area contributed by atoms with E-state index in [0.717, 1.165) is 21.5 Å². The van der Waals surface area contributed by atoms with Crippen molar-refractivity contribution in [3.8, 4) is 22.1 Å². The van der Waals surface area contributed by atoms with Gasteiger partial charge in [-0.3, -0.25) is 14.9 Å². The lowest BCUT2D eigenvalue weighted by molar-refractivity contribution is 0.415. The van der Waals surface area contributed by atoms with Crippen molar-refractivity contribution in [2.24, 2.45) is 4.99 Å². The summed E-state index contributed by atoms with van der Waals surface area (Å²) < 4.78 is 7.73. The number of aromatic nitrogens is 3. The summed E-state index contributed by atoms with van der Waals surface area (Å²) in [6.07, 6.45) is 0. The first-order valence-corrected chi connectivity index (χ1v) is 11.9. The minimum absolute atomic E-state index is 0.251. The van der Waals surface area contributed by atoms with Gasteiger partial charge in [-0.2, -0.15) is 4.68 Å². The monoisotopic (exact) mass is 508 g/mol. The lowest BCUT2D eigenvalue weighted by Crippen LogP contribution is -2.19. The van der Waals surface area contributed by atoms with Crippen LogP contribution in [-0.4, -0.2) is 27.6 Å². The van der Waals surface area contributed by atoms with Crippen LogP contribution in [-0.2, 0) is 0 Å². The third-order valence-electron chi connectivity index (χ3n) is 5.25. The van der Waals surface area contributed by atoms with Gasteiger partial charge in [0.2, 0.25) is 5.13 Å².